The molecular weight excluding hydrogens is 302 g/mol. The van der Waals surface area contributed by atoms with E-state index >= 15 is 0 Å². The lowest BCUT2D eigenvalue weighted by Gasteiger charge is -2.44. The lowest BCUT2D eigenvalue weighted by Crippen LogP contribution is -2.54. The quantitative estimate of drug-likeness (QED) is 0.865. The van der Waals surface area contributed by atoms with Crippen LogP contribution in [0.15, 0.2) is 15.9 Å². The number of β-amino-alcohol motifs (C(OH)–C–C–N with tert-alkyl or cyclic N) is 1. The highest BCUT2D eigenvalue weighted by Crippen LogP contribution is 2.31. The highest BCUT2D eigenvalue weighted by molar-refractivity contribution is 9.11. The van der Waals surface area contributed by atoms with E-state index in [-0.39, 0.29) is 11.4 Å². The van der Waals surface area contributed by atoms with Crippen LogP contribution in [-0.4, -0.2) is 34.1 Å². The predicted octanol–water partition coefficient (Wildman–Crippen LogP) is 2.89. The monoisotopic (exact) mass is 317 g/mol. The first-order valence-electron chi connectivity index (χ1n) is 5.65. The maximum Gasteiger partial charge on any atom is 0.264 e. The van der Waals surface area contributed by atoms with Gasteiger partial charge in [0.05, 0.1) is 14.8 Å². The summed E-state index contributed by atoms with van der Waals surface area (Å²) in [4.78, 5) is 14.9. The van der Waals surface area contributed by atoms with Crippen LogP contribution in [0, 0.1) is 0 Å². The lowest BCUT2D eigenvalue weighted by atomic mass is 9.89. The van der Waals surface area contributed by atoms with Crippen molar-refractivity contribution in [3.63, 3.8) is 0 Å². The fourth-order valence-electron chi connectivity index (χ4n) is 2.12. The SMILES string of the molecule is CC1(C)CCC(O)CN1C(=O)c1ccc(Br)s1. The topological polar surface area (TPSA) is 40.5 Å². The Balaban J connectivity index is 2.22. The van der Waals surface area contributed by atoms with Gasteiger partial charge in [0.25, 0.3) is 5.91 Å². The number of carbonyl (C=O) groups is 1. The van der Waals surface area contributed by atoms with Gasteiger partial charge in [0.1, 0.15) is 0 Å². The third-order valence-corrected chi connectivity index (χ3v) is 4.85. The van der Waals surface area contributed by atoms with Crippen LogP contribution < -0.4 is 0 Å². The summed E-state index contributed by atoms with van der Waals surface area (Å²) in [5.41, 5.74) is -0.174. The average molecular weight is 318 g/mol. The van der Waals surface area contributed by atoms with Crippen molar-refractivity contribution in [3.05, 3.63) is 20.8 Å². The molecule has 2 heterocycles. The Hall–Kier alpha value is -0.390. The molecule has 1 aromatic rings. The number of likely N-dealkylation sites (tertiary alicyclic amines) is 1. The van der Waals surface area contributed by atoms with Gasteiger partial charge in [0, 0.05) is 12.1 Å². The molecule has 17 heavy (non-hydrogen) atoms. The largest absolute Gasteiger partial charge is 0.391 e. The van der Waals surface area contributed by atoms with E-state index in [1.54, 1.807) is 4.90 Å². The number of piperidine rings is 1. The van der Waals surface area contributed by atoms with Crippen LogP contribution in [0.25, 0.3) is 0 Å². The number of aliphatic hydroxyl groups excluding tert-OH is 1. The fourth-order valence-corrected chi connectivity index (χ4v) is 3.46. The normalized spacial score (nSPS) is 23.8. The Bertz CT molecular complexity index is 430. The van der Waals surface area contributed by atoms with E-state index in [0.717, 1.165) is 21.5 Å². The molecule has 1 aromatic heterocycles. The van der Waals surface area contributed by atoms with Crippen LogP contribution in [0.3, 0.4) is 0 Å². The Labute approximate surface area is 114 Å². The molecule has 1 saturated heterocycles. The van der Waals surface area contributed by atoms with Crippen molar-refractivity contribution in [2.75, 3.05) is 6.54 Å². The molecule has 3 nitrogen and oxygen atoms in total. The predicted molar refractivity (Wildman–Crippen MR) is 72.4 cm³/mol. The minimum atomic E-state index is -0.393. The van der Waals surface area contributed by atoms with E-state index in [1.165, 1.54) is 11.3 Å². The van der Waals surface area contributed by atoms with E-state index in [9.17, 15) is 9.90 Å². The molecule has 94 valence electrons. The molecule has 0 radical (unpaired) electrons. The summed E-state index contributed by atoms with van der Waals surface area (Å²) in [6.07, 6.45) is 1.22. The molecule has 1 aliphatic heterocycles. The summed E-state index contributed by atoms with van der Waals surface area (Å²) in [6, 6.07) is 3.71. The standard InChI is InChI=1S/C12H16BrNO2S/c1-12(2)6-5-8(15)7-14(12)11(16)9-3-4-10(13)17-9/h3-4,8,15H,5-7H2,1-2H3. The molecule has 1 fully saturated rings. The summed E-state index contributed by atoms with van der Waals surface area (Å²) >= 11 is 4.80. The number of rotatable bonds is 1. The number of thiophene rings is 1. The van der Waals surface area contributed by atoms with Crippen LogP contribution in [0.1, 0.15) is 36.4 Å². The maximum absolute atomic E-state index is 12.4. The van der Waals surface area contributed by atoms with Crippen LogP contribution in [0.4, 0.5) is 0 Å². The minimum Gasteiger partial charge on any atom is -0.391 e. The molecule has 2 rings (SSSR count). The van der Waals surface area contributed by atoms with Crippen LogP contribution in [0.2, 0.25) is 0 Å². The first kappa shape index (κ1) is 13.1. The molecule has 1 N–H and O–H groups in total. The summed E-state index contributed by atoms with van der Waals surface area (Å²) in [5.74, 6) is 0.0180. The van der Waals surface area contributed by atoms with Crippen LogP contribution in [0.5, 0.6) is 0 Å². The number of aliphatic hydroxyl groups is 1. The number of amides is 1. The van der Waals surface area contributed by atoms with Gasteiger partial charge in [-0.15, -0.1) is 11.3 Å². The first-order valence-corrected chi connectivity index (χ1v) is 7.26. The van der Waals surface area contributed by atoms with Gasteiger partial charge < -0.3 is 10.0 Å². The van der Waals surface area contributed by atoms with Crippen molar-refractivity contribution in [1.82, 2.24) is 4.90 Å². The first-order chi connectivity index (χ1) is 7.90. The van der Waals surface area contributed by atoms with E-state index in [0.29, 0.717) is 6.54 Å². The van der Waals surface area contributed by atoms with Crippen molar-refractivity contribution in [3.8, 4) is 0 Å². The summed E-state index contributed by atoms with van der Waals surface area (Å²) < 4.78 is 0.955. The van der Waals surface area contributed by atoms with Crippen molar-refractivity contribution < 1.29 is 9.90 Å². The molecule has 0 spiro atoms. The molecule has 1 amide bonds. The van der Waals surface area contributed by atoms with Crippen molar-refractivity contribution >= 4 is 33.2 Å². The van der Waals surface area contributed by atoms with Gasteiger partial charge in [-0.25, -0.2) is 0 Å². The number of nitrogens with zero attached hydrogens (tertiary/aromatic N) is 1. The number of hydrogen-bond acceptors (Lipinski definition) is 3. The third-order valence-electron chi connectivity index (χ3n) is 3.24. The Kier molecular flexibility index (Phi) is 3.61. The molecule has 1 aliphatic rings. The number of carbonyl (C=O) groups excluding carboxylic acids is 1. The van der Waals surface area contributed by atoms with Crippen molar-refractivity contribution in [1.29, 1.82) is 0 Å². The number of hydrogen-bond donors (Lipinski definition) is 1. The average Bonchev–Trinajstić information content (AvgIpc) is 2.68. The van der Waals surface area contributed by atoms with Gasteiger partial charge in [-0.3, -0.25) is 4.79 Å². The molecule has 1 unspecified atom stereocenters. The second kappa shape index (κ2) is 4.71. The summed E-state index contributed by atoms with van der Waals surface area (Å²) in [6.45, 7) is 4.54. The number of halogens is 1. The zero-order valence-electron chi connectivity index (χ0n) is 9.94. The second-order valence-corrected chi connectivity index (χ2v) is 7.49. The van der Waals surface area contributed by atoms with E-state index < -0.39 is 6.10 Å². The Morgan fingerprint density at radius 3 is 2.88 bits per heavy atom. The summed E-state index contributed by atoms with van der Waals surface area (Å²) in [7, 11) is 0. The van der Waals surface area contributed by atoms with Crippen LogP contribution in [-0.2, 0) is 0 Å². The molecular formula is C12H16BrNO2S. The highest BCUT2D eigenvalue weighted by atomic mass is 79.9. The molecule has 0 aromatic carbocycles. The smallest absolute Gasteiger partial charge is 0.264 e. The van der Waals surface area contributed by atoms with Gasteiger partial charge in [0.15, 0.2) is 0 Å². The van der Waals surface area contributed by atoms with E-state index in [4.69, 9.17) is 0 Å². The van der Waals surface area contributed by atoms with Crippen LogP contribution >= 0.6 is 27.3 Å². The zero-order valence-corrected chi connectivity index (χ0v) is 12.3. The molecule has 0 aliphatic carbocycles. The van der Waals surface area contributed by atoms with Crippen molar-refractivity contribution in [2.24, 2.45) is 0 Å². The minimum absolute atomic E-state index is 0.0180. The highest BCUT2D eigenvalue weighted by Gasteiger charge is 2.37. The van der Waals surface area contributed by atoms with Gasteiger partial charge >= 0.3 is 0 Å². The van der Waals surface area contributed by atoms with Gasteiger partial charge in [-0.05, 0) is 54.8 Å². The zero-order chi connectivity index (χ0) is 12.6. The molecule has 1 atom stereocenters. The Morgan fingerprint density at radius 2 is 2.29 bits per heavy atom. The molecule has 0 saturated carbocycles. The summed E-state index contributed by atoms with van der Waals surface area (Å²) in [5, 5.41) is 9.71. The van der Waals surface area contributed by atoms with Gasteiger partial charge in [0.2, 0.25) is 0 Å². The second-order valence-electron chi connectivity index (χ2n) is 5.02. The van der Waals surface area contributed by atoms with E-state index in [1.807, 2.05) is 12.1 Å². The fraction of sp³-hybridized carbons (Fsp3) is 0.583. The van der Waals surface area contributed by atoms with Crippen molar-refractivity contribution in [2.45, 2.75) is 38.3 Å². The maximum atomic E-state index is 12.4. The molecule has 5 heteroatoms. The third kappa shape index (κ3) is 2.72. The Morgan fingerprint density at radius 1 is 1.59 bits per heavy atom. The van der Waals surface area contributed by atoms with E-state index in [2.05, 4.69) is 29.8 Å². The van der Waals surface area contributed by atoms with Gasteiger partial charge in [-0.2, -0.15) is 0 Å². The van der Waals surface area contributed by atoms with Gasteiger partial charge in [-0.1, -0.05) is 0 Å². The molecule has 0 bridgehead atoms. The lowest BCUT2D eigenvalue weighted by molar-refractivity contribution is 0.00187.